The van der Waals surface area contributed by atoms with E-state index >= 15 is 0 Å². The average molecular weight is 230 g/mol. The van der Waals surface area contributed by atoms with Crippen LogP contribution in [0.15, 0.2) is 12.1 Å². The van der Waals surface area contributed by atoms with Gasteiger partial charge in [-0.15, -0.1) is 0 Å². The van der Waals surface area contributed by atoms with E-state index in [2.05, 4.69) is 5.43 Å². The Labute approximate surface area is 91.2 Å². The van der Waals surface area contributed by atoms with Gasteiger partial charge in [0.25, 0.3) is 0 Å². The number of aromatic nitrogens is 1. The van der Waals surface area contributed by atoms with Gasteiger partial charge in [0.1, 0.15) is 9.84 Å². The largest absolute Gasteiger partial charge is 0.326 e. The first-order chi connectivity index (χ1) is 6.90. The summed E-state index contributed by atoms with van der Waals surface area (Å²) >= 11 is 0. The Kier molecular flexibility index (Phi) is 3.79. The molecule has 0 saturated carbocycles. The van der Waals surface area contributed by atoms with Crippen molar-refractivity contribution in [3.8, 4) is 0 Å². The van der Waals surface area contributed by atoms with Crippen molar-refractivity contribution in [3.05, 3.63) is 23.5 Å². The molecule has 0 unspecified atom stereocenters. The van der Waals surface area contributed by atoms with Gasteiger partial charge < -0.3 is 5.43 Å². The lowest BCUT2D eigenvalue weighted by molar-refractivity contribution is 0.599. The molecule has 4 nitrogen and oxygen atoms in total. The molecule has 0 aromatic carbocycles. The van der Waals surface area contributed by atoms with Crippen molar-refractivity contribution in [2.75, 3.05) is 24.0 Å². The molecule has 1 heterocycles. The lowest BCUT2D eigenvalue weighted by Crippen LogP contribution is -2.20. The Morgan fingerprint density at radius 1 is 1.27 bits per heavy atom. The van der Waals surface area contributed by atoms with Crippen molar-refractivity contribution in [1.29, 1.82) is 0 Å². The van der Waals surface area contributed by atoms with Crippen LogP contribution in [0, 0.1) is 13.8 Å². The molecule has 0 radical (unpaired) electrons. The van der Waals surface area contributed by atoms with Gasteiger partial charge in [0.2, 0.25) is 0 Å². The molecule has 0 spiro atoms. The van der Waals surface area contributed by atoms with Gasteiger partial charge in [-0.2, -0.15) is 0 Å². The summed E-state index contributed by atoms with van der Waals surface area (Å²) in [7, 11) is -2.83. The van der Waals surface area contributed by atoms with Crippen LogP contribution in [0.4, 0.5) is 0 Å². The Balaban J connectivity index is 2.39. The van der Waals surface area contributed by atoms with Gasteiger partial charge in [-0.1, -0.05) is 0 Å². The van der Waals surface area contributed by atoms with Gasteiger partial charge in [-0.05, 0) is 32.4 Å². The van der Waals surface area contributed by atoms with Crippen LogP contribution in [0.1, 0.15) is 17.8 Å². The Morgan fingerprint density at radius 2 is 1.80 bits per heavy atom. The fraction of sp³-hybridized carbons (Fsp3) is 0.600. The molecule has 86 valence electrons. The van der Waals surface area contributed by atoms with Crippen molar-refractivity contribution < 1.29 is 8.42 Å². The third-order valence-electron chi connectivity index (χ3n) is 2.23. The van der Waals surface area contributed by atoms with Crippen molar-refractivity contribution in [2.45, 2.75) is 20.3 Å². The third kappa shape index (κ3) is 3.95. The molecule has 0 aliphatic rings. The summed E-state index contributed by atoms with van der Waals surface area (Å²) in [5.41, 5.74) is 5.45. The van der Waals surface area contributed by atoms with Crippen LogP contribution in [0.3, 0.4) is 0 Å². The highest BCUT2D eigenvalue weighted by atomic mass is 32.2. The minimum atomic E-state index is -2.83. The average Bonchev–Trinajstić information content (AvgIpc) is 2.40. The maximum absolute atomic E-state index is 10.9. The number of hydrogen-bond donors (Lipinski definition) is 1. The van der Waals surface area contributed by atoms with Crippen molar-refractivity contribution in [1.82, 2.24) is 4.68 Å². The molecular weight excluding hydrogens is 212 g/mol. The molecule has 1 aromatic heterocycles. The van der Waals surface area contributed by atoms with Crippen molar-refractivity contribution >= 4 is 9.84 Å². The van der Waals surface area contributed by atoms with Gasteiger partial charge in [0, 0.05) is 24.2 Å². The molecule has 15 heavy (non-hydrogen) atoms. The van der Waals surface area contributed by atoms with Crippen LogP contribution in [0.5, 0.6) is 0 Å². The zero-order chi connectivity index (χ0) is 11.5. The van der Waals surface area contributed by atoms with Gasteiger partial charge in [0.15, 0.2) is 0 Å². The standard InChI is InChI=1S/C10H18N2O2S/c1-9-5-6-10(2)12(9)11-7-4-8-15(3,13)14/h5-6,11H,4,7-8H2,1-3H3. The second-order valence-electron chi connectivity index (χ2n) is 3.84. The Bertz CT molecular complexity index is 401. The van der Waals surface area contributed by atoms with Crippen LogP contribution in [-0.2, 0) is 9.84 Å². The molecule has 1 N–H and O–H groups in total. The van der Waals surface area contributed by atoms with Crippen LogP contribution in [0.2, 0.25) is 0 Å². The highest BCUT2D eigenvalue weighted by molar-refractivity contribution is 7.90. The number of nitrogens with zero attached hydrogens (tertiary/aromatic N) is 1. The minimum Gasteiger partial charge on any atom is -0.326 e. The van der Waals surface area contributed by atoms with Gasteiger partial charge in [-0.3, -0.25) is 4.68 Å². The molecule has 0 aliphatic heterocycles. The first-order valence-corrected chi connectivity index (χ1v) is 7.03. The predicted octanol–water partition coefficient (Wildman–Crippen LogP) is 1.08. The number of aryl methyl sites for hydroxylation is 2. The van der Waals surface area contributed by atoms with Gasteiger partial charge >= 0.3 is 0 Å². The number of nitrogens with one attached hydrogen (secondary N) is 1. The highest BCUT2D eigenvalue weighted by Gasteiger charge is 2.02. The summed E-state index contributed by atoms with van der Waals surface area (Å²) in [6.07, 6.45) is 1.90. The molecule has 0 saturated heterocycles. The first-order valence-electron chi connectivity index (χ1n) is 4.97. The highest BCUT2D eigenvalue weighted by Crippen LogP contribution is 2.03. The van der Waals surface area contributed by atoms with Crippen LogP contribution in [0.25, 0.3) is 0 Å². The summed E-state index contributed by atoms with van der Waals surface area (Å²) < 4.78 is 23.8. The molecule has 0 fully saturated rings. The van der Waals surface area contributed by atoms with E-state index in [1.807, 2.05) is 30.7 Å². The SMILES string of the molecule is Cc1ccc(C)n1NCCCS(C)(=O)=O. The van der Waals surface area contributed by atoms with E-state index in [0.717, 1.165) is 11.4 Å². The summed E-state index contributed by atoms with van der Waals surface area (Å²) in [5, 5.41) is 0. The van der Waals surface area contributed by atoms with E-state index in [1.54, 1.807) is 0 Å². The monoisotopic (exact) mass is 230 g/mol. The second kappa shape index (κ2) is 4.70. The van der Waals surface area contributed by atoms with Gasteiger partial charge in [-0.25, -0.2) is 8.42 Å². The van der Waals surface area contributed by atoms with Crippen molar-refractivity contribution in [3.63, 3.8) is 0 Å². The van der Waals surface area contributed by atoms with Gasteiger partial charge in [0.05, 0.1) is 5.75 Å². The third-order valence-corrected chi connectivity index (χ3v) is 3.26. The molecule has 1 aromatic rings. The van der Waals surface area contributed by atoms with E-state index in [-0.39, 0.29) is 5.75 Å². The zero-order valence-electron chi connectivity index (χ0n) is 9.45. The number of sulfone groups is 1. The fourth-order valence-corrected chi connectivity index (χ4v) is 2.11. The topological polar surface area (TPSA) is 51.1 Å². The summed E-state index contributed by atoms with van der Waals surface area (Å²) in [4.78, 5) is 0. The maximum Gasteiger partial charge on any atom is 0.147 e. The normalized spacial score (nSPS) is 11.7. The number of hydrogen-bond acceptors (Lipinski definition) is 3. The predicted molar refractivity (Wildman–Crippen MR) is 62.5 cm³/mol. The summed E-state index contributed by atoms with van der Waals surface area (Å²) in [6, 6.07) is 4.05. The van der Waals surface area contributed by atoms with E-state index in [1.165, 1.54) is 6.26 Å². The van der Waals surface area contributed by atoms with Crippen molar-refractivity contribution in [2.24, 2.45) is 0 Å². The Morgan fingerprint density at radius 3 is 2.27 bits per heavy atom. The van der Waals surface area contributed by atoms with Crippen LogP contribution < -0.4 is 5.43 Å². The van der Waals surface area contributed by atoms with E-state index in [9.17, 15) is 8.42 Å². The van der Waals surface area contributed by atoms with Crippen LogP contribution in [-0.4, -0.2) is 31.6 Å². The minimum absolute atomic E-state index is 0.235. The van der Waals surface area contributed by atoms with E-state index < -0.39 is 9.84 Å². The first kappa shape index (κ1) is 12.1. The summed E-state index contributed by atoms with van der Waals surface area (Å²) in [5.74, 6) is 0.235. The zero-order valence-corrected chi connectivity index (χ0v) is 10.3. The summed E-state index contributed by atoms with van der Waals surface area (Å²) in [6.45, 7) is 4.69. The molecule has 0 atom stereocenters. The maximum atomic E-state index is 10.9. The van der Waals surface area contributed by atoms with E-state index in [0.29, 0.717) is 13.0 Å². The molecule has 5 heteroatoms. The lowest BCUT2D eigenvalue weighted by atomic mass is 10.5. The van der Waals surface area contributed by atoms with Crippen LogP contribution >= 0.6 is 0 Å². The quantitative estimate of drug-likeness (QED) is 0.770. The Hall–Kier alpha value is -0.970. The second-order valence-corrected chi connectivity index (χ2v) is 6.10. The lowest BCUT2D eigenvalue weighted by Gasteiger charge is -2.11. The molecule has 0 amide bonds. The number of rotatable bonds is 5. The fourth-order valence-electron chi connectivity index (χ4n) is 1.44. The molecule has 0 aliphatic carbocycles. The smallest absolute Gasteiger partial charge is 0.147 e. The molecule has 0 bridgehead atoms. The molecule has 1 rings (SSSR count). The van der Waals surface area contributed by atoms with E-state index in [4.69, 9.17) is 0 Å². The molecular formula is C10H18N2O2S.